The molecule has 1 aliphatic heterocycles. The first-order valence-electron chi connectivity index (χ1n) is 11.6. The first-order chi connectivity index (χ1) is 16.5. The van der Waals surface area contributed by atoms with Crippen molar-refractivity contribution in [1.82, 2.24) is 14.5 Å². The van der Waals surface area contributed by atoms with Gasteiger partial charge in [-0.2, -0.15) is 0 Å². The average Bonchev–Trinajstić information content (AvgIpc) is 3.06. The van der Waals surface area contributed by atoms with Crippen molar-refractivity contribution in [3.63, 3.8) is 0 Å². The normalized spacial score (nSPS) is 16.5. The highest BCUT2D eigenvalue weighted by atomic mass is 35.5. The summed E-state index contributed by atoms with van der Waals surface area (Å²) >= 11 is 5.98. The Bertz CT molecular complexity index is 1170. The van der Waals surface area contributed by atoms with Crippen LogP contribution >= 0.6 is 11.6 Å². The largest absolute Gasteiger partial charge is 0.369 e. The van der Waals surface area contributed by atoms with Crippen molar-refractivity contribution in [3.05, 3.63) is 46.5 Å². The van der Waals surface area contributed by atoms with Crippen molar-refractivity contribution in [3.8, 4) is 11.3 Å². The van der Waals surface area contributed by atoms with E-state index in [1.165, 1.54) is 17.0 Å². The molecule has 1 aromatic heterocycles. The van der Waals surface area contributed by atoms with E-state index in [0.717, 1.165) is 5.56 Å². The Morgan fingerprint density at radius 2 is 1.91 bits per heavy atom. The number of nitrogens with zero attached hydrogens (tertiary/aromatic N) is 3. The SMILES string of the molecule is CC(C)(C)C(=O)Nc1cc(CCl)ccc1-c1cc(=O)n(CC(=O)N2CCCC(C(N)=O)CC2)cn1. The smallest absolute Gasteiger partial charge is 0.254 e. The maximum Gasteiger partial charge on any atom is 0.254 e. The van der Waals surface area contributed by atoms with E-state index < -0.39 is 5.41 Å². The van der Waals surface area contributed by atoms with Crippen LogP contribution in [-0.2, 0) is 26.8 Å². The summed E-state index contributed by atoms with van der Waals surface area (Å²) in [5, 5.41) is 2.91. The van der Waals surface area contributed by atoms with Crippen LogP contribution in [-0.4, -0.2) is 45.3 Å². The molecule has 3 N–H and O–H groups in total. The van der Waals surface area contributed by atoms with Crippen LogP contribution in [0.3, 0.4) is 0 Å². The molecule has 10 heteroatoms. The van der Waals surface area contributed by atoms with Crippen LogP contribution in [0.25, 0.3) is 11.3 Å². The minimum Gasteiger partial charge on any atom is -0.369 e. The highest BCUT2D eigenvalue weighted by molar-refractivity contribution is 6.17. The summed E-state index contributed by atoms with van der Waals surface area (Å²) in [6.45, 7) is 6.22. The lowest BCUT2D eigenvalue weighted by Gasteiger charge is -2.21. The van der Waals surface area contributed by atoms with Crippen molar-refractivity contribution in [1.29, 1.82) is 0 Å². The molecule has 9 nitrogen and oxygen atoms in total. The third kappa shape index (κ3) is 6.69. The third-order valence-electron chi connectivity index (χ3n) is 6.11. The molecule has 2 heterocycles. The molecule has 1 aromatic carbocycles. The second kappa shape index (κ2) is 11.0. The van der Waals surface area contributed by atoms with E-state index >= 15 is 0 Å². The molecule has 1 aliphatic rings. The molecule has 0 radical (unpaired) electrons. The van der Waals surface area contributed by atoms with Crippen molar-refractivity contribution in [2.45, 2.75) is 52.5 Å². The van der Waals surface area contributed by atoms with Crippen LogP contribution in [0.2, 0.25) is 0 Å². The number of aromatic nitrogens is 2. The molecule has 1 saturated heterocycles. The summed E-state index contributed by atoms with van der Waals surface area (Å²) < 4.78 is 1.25. The van der Waals surface area contributed by atoms with Gasteiger partial charge >= 0.3 is 0 Å². The zero-order chi connectivity index (χ0) is 25.8. The quantitative estimate of drug-likeness (QED) is 0.588. The fourth-order valence-corrected chi connectivity index (χ4v) is 4.05. The van der Waals surface area contributed by atoms with Gasteiger partial charge in [0, 0.05) is 41.9 Å². The molecular weight excluding hydrogens is 470 g/mol. The maximum absolute atomic E-state index is 12.8. The number of carbonyl (C=O) groups is 3. The number of carbonyl (C=O) groups excluding carboxylic acids is 3. The van der Waals surface area contributed by atoms with E-state index in [0.29, 0.717) is 49.3 Å². The Balaban J connectivity index is 1.80. The van der Waals surface area contributed by atoms with Crippen LogP contribution in [0.5, 0.6) is 0 Å². The van der Waals surface area contributed by atoms with Gasteiger partial charge in [0.25, 0.3) is 5.56 Å². The summed E-state index contributed by atoms with van der Waals surface area (Å²) in [4.78, 5) is 55.8. The van der Waals surface area contributed by atoms with Crippen LogP contribution in [0.15, 0.2) is 35.4 Å². The molecule has 1 atom stereocenters. The zero-order valence-electron chi connectivity index (χ0n) is 20.3. The average molecular weight is 502 g/mol. The van der Waals surface area contributed by atoms with E-state index in [1.807, 2.05) is 26.8 Å². The number of likely N-dealkylation sites (tertiary alicyclic amines) is 1. The number of halogens is 1. The molecule has 35 heavy (non-hydrogen) atoms. The summed E-state index contributed by atoms with van der Waals surface area (Å²) in [6, 6.07) is 6.69. The molecule has 2 aromatic rings. The van der Waals surface area contributed by atoms with E-state index in [1.54, 1.807) is 17.0 Å². The first kappa shape index (κ1) is 26.4. The fourth-order valence-electron chi connectivity index (χ4n) is 3.88. The third-order valence-corrected chi connectivity index (χ3v) is 6.42. The van der Waals surface area contributed by atoms with Gasteiger partial charge in [-0.15, -0.1) is 11.6 Å². The van der Waals surface area contributed by atoms with Crippen LogP contribution < -0.4 is 16.6 Å². The maximum atomic E-state index is 12.8. The van der Waals surface area contributed by atoms with Gasteiger partial charge in [-0.05, 0) is 30.9 Å². The van der Waals surface area contributed by atoms with Crippen LogP contribution in [0, 0.1) is 11.3 Å². The summed E-state index contributed by atoms with van der Waals surface area (Å²) in [5.41, 5.74) is 6.70. The van der Waals surface area contributed by atoms with Gasteiger partial charge in [0.1, 0.15) is 6.54 Å². The molecule has 0 bridgehead atoms. The fraction of sp³-hybridized carbons (Fsp3) is 0.480. The van der Waals surface area contributed by atoms with E-state index in [4.69, 9.17) is 17.3 Å². The summed E-state index contributed by atoms with van der Waals surface area (Å²) in [5.74, 6) is -0.689. The second-order valence-corrected chi connectivity index (χ2v) is 10.1. The molecule has 0 aliphatic carbocycles. The van der Waals surface area contributed by atoms with Gasteiger partial charge in [-0.3, -0.25) is 23.7 Å². The minimum atomic E-state index is -0.615. The number of alkyl halides is 1. The Kier molecular flexibility index (Phi) is 8.32. The molecule has 3 rings (SSSR count). The first-order valence-corrected chi connectivity index (χ1v) is 12.2. The van der Waals surface area contributed by atoms with Gasteiger partial charge in [-0.25, -0.2) is 4.98 Å². The monoisotopic (exact) mass is 501 g/mol. The number of hydrogen-bond donors (Lipinski definition) is 2. The summed E-state index contributed by atoms with van der Waals surface area (Å²) in [6.07, 6.45) is 3.21. The molecule has 0 spiro atoms. The van der Waals surface area contributed by atoms with Gasteiger partial charge in [0.15, 0.2) is 0 Å². The van der Waals surface area contributed by atoms with Gasteiger partial charge in [-0.1, -0.05) is 32.9 Å². The Labute approximate surface area is 209 Å². The Morgan fingerprint density at radius 1 is 1.17 bits per heavy atom. The van der Waals surface area contributed by atoms with Gasteiger partial charge < -0.3 is 16.0 Å². The van der Waals surface area contributed by atoms with E-state index in [2.05, 4.69) is 10.3 Å². The predicted octanol–water partition coefficient (Wildman–Crippen LogP) is 2.75. The lowest BCUT2D eigenvalue weighted by Crippen LogP contribution is -2.37. The number of primary amides is 1. The summed E-state index contributed by atoms with van der Waals surface area (Å²) in [7, 11) is 0. The molecule has 1 fully saturated rings. The second-order valence-electron chi connectivity index (χ2n) is 9.87. The highest BCUT2D eigenvalue weighted by Crippen LogP contribution is 2.29. The van der Waals surface area contributed by atoms with Gasteiger partial charge in [0.2, 0.25) is 17.7 Å². The van der Waals surface area contributed by atoms with Crippen molar-refractivity contribution in [2.75, 3.05) is 18.4 Å². The standard InChI is InChI=1S/C25H32ClN5O4/c1-25(2,3)24(35)29-20-11-16(13-26)6-7-18(20)19-12-21(32)31(15-28-19)14-22(33)30-9-4-5-17(8-10-30)23(27)34/h6-7,11-12,15,17H,4-5,8-10,13-14H2,1-3H3,(H2,27,34)(H,29,35). The number of anilines is 1. The number of benzene rings is 1. The number of nitrogens with two attached hydrogens (primary N) is 1. The number of rotatable bonds is 6. The molecule has 0 saturated carbocycles. The molecular formula is C25H32ClN5O4. The number of amides is 3. The lowest BCUT2D eigenvalue weighted by atomic mass is 9.95. The predicted molar refractivity (Wildman–Crippen MR) is 135 cm³/mol. The van der Waals surface area contributed by atoms with E-state index in [-0.39, 0.29) is 41.6 Å². The minimum absolute atomic E-state index is 0.147. The topological polar surface area (TPSA) is 127 Å². The number of nitrogens with one attached hydrogen (secondary N) is 1. The van der Waals surface area contributed by atoms with Crippen molar-refractivity contribution in [2.24, 2.45) is 17.1 Å². The molecule has 3 amide bonds. The van der Waals surface area contributed by atoms with Crippen molar-refractivity contribution >= 4 is 35.0 Å². The van der Waals surface area contributed by atoms with E-state index in [9.17, 15) is 19.2 Å². The Morgan fingerprint density at radius 3 is 2.54 bits per heavy atom. The zero-order valence-corrected chi connectivity index (χ0v) is 21.1. The molecule has 1 unspecified atom stereocenters. The Hall–Kier alpha value is -3.20. The van der Waals surface area contributed by atoms with Crippen LogP contribution in [0.4, 0.5) is 5.69 Å². The lowest BCUT2D eigenvalue weighted by molar-refractivity contribution is -0.132. The highest BCUT2D eigenvalue weighted by Gasteiger charge is 2.25. The van der Waals surface area contributed by atoms with Crippen molar-refractivity contribution < 1.29 is 14.4 Å². The molecule has 188 valence electrons. The van der Waals surface area contributed by atoms with Gasteiger partial charge in [0.05, 0.1) is 17.7 Å². The number of hydrogen-bond acceptors (Lipinski definition) is 5. The van der Waals surface area contributed by atoms with Crippen LogP contribution in [0.1, 0.15) is 45.6 Å².